The predicted octanol–water partition coefficient (Wildman–Crippen LogP) is 0.703. The Kier molecular flexibility index (Phi) is 2.54. The minimum atomic E-state index is 0.189. The van der Waals surface area contributed by atoms with Crippen molar-refractivity contribution >= 4 is 5.91 Å². The third-order valence-electron chi connectivity index (χ3n) is 3.22. The van der Waals surface area contributed by atoms with Gasteiger partial charge in [0.25, 0.3) is 0 Å². The van der Waals surface area contributed by atoms with Crippen molar-refractivity contribution in [2.24, 2.45) is 0 Å². The Morgan fingerprint density at radius 2 is 1.92 bits per heavy atom. The molecule has 2 aliphatic rings. The van der Waals surface area contributed by atoms with Crippen LogP contribution in [0.1, 0.15) is 25.7 Å². The van der Waals surface area contributed by atoms with Gasteiger partial charge in [-0.3, -0.25) is 9.69 Å². The summed E-state index contributed by atoms with van der Waals surface area (Å²) in [6.45, 7) is 3.07. The van der Waals surface area contributed by atoms with Crippen molar-refractivity contribution in [1.29, 1.82) is 0 Å². The fraction of sp³-hybridized carbons (Fsp3) is 0.900. The fourth-order valence-corrected chi connectivity index (χ4v) is 2.13. The summed E-state index contributed by atoms with van der Waals surface area (Å²) in [5.41, 5.74) is 0. The summed E-state index contributed by atoms with van der Waals surface area (Å²) in [7, 11) is 2.07. The van der Waals surface area contributed by atoms with E-state index >= 15 is 0 Å². The molecule has 2 rings (SSSR count). The van der Waals surface area contributed by atoms with E-state index in [0.29, 0.717) is 5.91 Å². The van der Waals surface area contributed by atoms with Crippen LogP contribution >= 0.6 is 0 Å². The van der Waals surface area contributed by atoms with Gasteiger partial charge in [0.1, 0.15) is 0 Å². The summed E-state index contributed by atoms with van der Waals surface area (Å²) in [5.74, 6) is 0.369. The molecule has 0 N–H and O–H groups in total. The van der Waals surface area contributed by atoms with Crippen LogP contribution in [0.2, 0.25) is 0 Å². The highest BCUT2D eigenvalue weighted by Gasteiger charge is 2.31. The number of carbonyl (C=O) groups excluding carboxylic acids is 1. The van der Waals surface area contributed by atoms with Crippen molar-refractivity contribution in [2.45, 2.75) is 31.7 Å². The number of piperidine rings is 1. The molecule has 74 valence electrons. The third kappa shape index (κ3) is 1.70. The van der Waals surface area contributed by atoms with Crippen molar-refractivity contribution < 1.29 is 4.79 Å². The highest BCUT2D eigenvalue weighted by molar-refractivity contribution is 5.82. The van der Waals surface area contributed by atoms with Crippen LogP contribution in [0.4, 0.5) is 0 Å². The van der Waals surface area contributed by atoms with E-state index in [1.54, 1.807) is 0 Å². The second-order valence-corrected chi connectivity index (χ2v) is 4.17. The van der Waals surface area contributed by atoms with Gasteiger partial charge >= 0.3 is 0 Å². The zero-order valence-corrected chi connectivity index (χ0v) is 8.33. The number of likely N-dealkylation sites (N-methyl/N-ethyl adjacent to an activating group) is 1. The van der Waals surface area contributed by atoms with Crippen LogP contribution in [0.3, 0.4) is 0 Å². The Morgan fingerprint density at radius 1 is 1.15 bits per heavy atom. The summed E-state index contributed by atoms with van der Waals surface area (Å²) in [6.07, 6.45) is 4.73. The molecule has 0 saturated carbocycles. The number of hydrogen-bond donors (Lipinski definition) is 0. The smallest absolute Gasteiger partial charge is 0.239 e. The zero-order valence-electron chi connectivity index (χ0n) is 8.33. The lowest BCUT2D eigenvalue weighted by Gasteiger charge is -2.39. The number of nitrogens with zero attached hydrogens (tertiary/aromatic N) is 2. The molecule has 0 aromatic heterocycles. The van der Waals surface area contributed by atoms with Gasteiger partial charge in [0.2, 0.25) is 5.91 Å². The average Bonchev–Trinajstić information content (AvgIpc) is 2.01. The Bertz CT molecular complexity index is 201. The highest BCUT2D eigenvalue weighted by atomic mass is 16.2. The molecular formula is C10H18N2O. The molecule has 2 heterocycles. The normalized spacial score (nSPS) is 29.9. The topological polar surface area (TPSA) is 23.6 Å². The molecular weight excluding hydrogens is 164 g/mol. The monoisotopic (exact) mass is 182 g/mol. The molecule has 0 aromatic rings. The van der Waals surface area contributed by atoms with Gasteiger partial charge in [0.05, 0.1) is 6.04 Å². The molecule has 3 heteroatoms. The molecule has 0 bridgehead atoms. The Hall–Kier alpha value is -0.570. The molecule has 1 atom stereocenters. The second kappa shape index (κ2) is 3.66. The van der Waals surface area contributed by atoms with E-state index in [4.69, 9.17) is 0 Å². The molecule has 13 heavy (non-hydrogen) atoms. The lowest BCUT2D eigenvalue weighted by molar-refractivity contribution is -0.141. The number of hydrogen-bond acceptors (Lipinski definition) is 2. The van der Waals surface area contributed by atoms with Crippen LogP contribution in [0.25, 0.3) is 0 Å². The van der Waals surface area contributed by atoms with Crippen LogP contribution in [0.5, 0.6) is 0 Å². The predicted molar refractivity (Wildman–Crippen MR) is 51.5 cm³/mol. The quantitative estimate of drug-likeness (QED) is 0.596. The third-order valence-corrected chi connectivity index (χ3v) is 3.22. The van der Waals surface area contributed by atoms with E-state index in [2.05, 4.69) is 11.9 Å². The average molecular weight is 182 g/mol. The van der Waals surface area contributed by atoms with Crippen molar-refractivity contribution in [3.8, 4) is 0 Å². The standard InChI is InChI=1S/C10H18N2O/c1-11-6-3-2-5-9(11)10(13)12-7-4-8-12/h9H,2-8H2,1H3/t9-/m0/s1. The summed E-state index contributed by atoms with van der Waals surface area (Å²) in [4.78, 5) is 16.1. The molecule has 0 aromatic carbocycles. The van der Waals surface area contributed by atoms with Gasteiger partial charge in [-0.15, -0.1) is 0 Å². The lowest BCUT2D eigenvalue weighted by atomic mass is 10.0. The Balaban J connectivity index is 1.93. The van der Waals surface area contributed by atoms with E-state index in [1.165, 1.54) is 19.3 Å². The zero-order chi connectivity index (χ0) is 9.26. The van der Waals surface area contributed by atoms with Crippen LogP contribution in [-0.4, -0.2) is 48.4 Å². The Morgan fingerprint density at radius 3 is 2.46 bits per heavy atom. The first kappa shape index (κ1) is 9.00. The van der Waals surface area contributed by atoms with Gasteiger partial charge < -0.3 is 4.90 Å². The van der Waals surface area contributed by atoms with Crippen molar-refractivity contribution in [2.75, 3.05) is 26.7 Å². The van der Waals surface area contributed by atoms with Gasteiger partial charge in [0.15, 0.2) is 0 Å². The van der Waals surface area contributed by atoms with E-state index in [0.717, 1.165) is 26.1 Å². The van der Waals surface area contributed by atoms with E-state index in [1.807, 2.05) is 4.90 Å². The number of carbonyl (C=O) groups is 1. The van der Waals surface area contributed by atoms with Gasteiger partial charge in [-0.25, -0.2) is 0 Å². The molecule has 2 fully saturated rings. The highest BCUT2D eigenvalue weighted by Crippen LogP contribution is 2.19. The van der Waals surface area contributed by atoms with Crippen LogP contribution in [0.15, 0.2) is 0 Å². The maximum absolute atomic E-state index is 11.9. The summed E-state index contributed by atoms with van der Waals surface area (Å²) >= 11 is 0. The maximum Gasteiger partial charge on any atom is 0.239 e. The number of likely N-dealkylation sites (tertiary alicyclic amines) is 2. The first-order chi connectivity index (χ1) is 6.29. The second-order valence-electron chi connectivity index (χ2n) is 4.17. The maximum atomic E-state index is 11.9. The minimum absolute atomic E-state index is 0.189. The molecule has 0 radical (unpaired) electrons. The SMILES string of the molecule is CN1CCCC[C@H]1C(=O)N1CCC1. The van der Waals surface area contributed by atoms with Crippen molar-refractivity contribution in [1.82, 2.24) is 9.80 Å². The van der Waals surface area contributed by atoms with Gasteiger partial charge in [-0.2, -0.15) is 0 Å². The number of amides is 1. The molecule has 2 aliphatic heterocycles. The summed E-state index contributed by atoms with van der Waals surface area (Å²) < 4.78 is 0. The Labute approximate surface area is 79.7 Å². The number of rotatable bonds is 1. The fourth-order valence-electron chi connectivity index (χ4n) is 2.13. The van der Waals surface area contributed by atoms with E-state index < -0.39 is 0 Å². The van der Waals surface area contributed by atoms with Gasteiger partial charge in [-0.05, 0) is 32.9 Å². The van der Waals surface area contributed by atoms with E-state index in [9.17, 15) is 4.79 Å². The molecule has 2 saturated heterocycles. The summed E-state index contributed by atoms with van der Waals surface area (Å²) in [5, 5.41) is 0. The van der Waals surface area contributed by atoms with Gasteiger partial charge in [0, 0.05) is 13.1 Å². The molecule has 0 spiro atoms. The minimum Gasteiger partial charge on any atom is -0.341 e. The lowest BCUT2D eigenvalue weighted by Crippen LogP contribution is -2.53. The largest absolute Gasteiger partial charge is 0.341 e. The molecule has 3 nitrogen and oxygen atoms in total. The van der Waals surface area contributed by atoms with Crippen LogP contribution in [-0.2, 0) is 4.79 Å². The first-order valence-corrected chi connectivity index (χ1v) is 5.28. The molecule has 1 amide bonds. The molecule has 0 aliphatic carbocycles. The summed E-state index contributed by atoms with van der Waals surface area (Å²) in [6, 6.07) is 0.189. The van der Waals surface area contributed by atoms with Crippen LogP contribution in [0, 0.1) is 0 Å². The van der Waals surface area contributed by atoms with Crippen LogP contribution < -0.4 is 0 Å². The van der Waals surface area contributed by atoms with Crippen molar-refractivity contribution in [3.63, 3.8) is 0 Å². The van der Waals surface area contributed by atoms with E-state index in [-0.39, 0.29) is 6.04 Å². The van der Waals surface area contributed by atoms with Crippen molar-refractivity contribution in [3.05, 3.63) is 0 Å². The molecule has 0 unspecified atom stereocenters. The first-order valence-electron chi connectivity index (χ1n) is 5.28. The van der Waals surface area contributed by atoms with Gasteiger partial charge in [-0.1, -0.05) is 6.42 Å².